The number of hydrogen-bond acceptors (Lipinski definition) is 3. The summed E-state index contributed by atoms with van der Waals surface area (Å²) in [6.45, 7) is 5.40. The molecule has 4 heteroatoms. The third kappa shape index (κ3) is 5.14. The fourth-order valence-electron chi connectivity index (χ4n) is 1.000. The van der Waals surface area contributed by atoms with Crippen LogP contribution in [0.4, 0.5) is 4.79 Å². The van der Waals surface area contributed by atoms with Crippen LogP contribution in [0.2, 0.25) is 0 Å². The fraction of sp³-hybridized carbons (Fsp3) is 0.333. The highest BCUT2D eigenvalue weighted by molar-refractivity contribution is 5.80. The normalized spacial score (nSPS) is 11.4. The Balaban J connectivity index is 2.41. The van der Waals surface area contributed by atoms with Crippen molar-refractivity contribution >= 4 is 12.3 Å². The second kappa shape index (κ2) is 5.30. The third-order valence-corrected chi connectivity index (χ3v) is 1.57. The highest BCUT2D eigenvalue weighted by atomic mass is 16.6. The molecule has 0 aliphatic heterocycles. The lowest BCUT2D eigenvalue weighted by atomic mass is 10.2. The number of nitrogens with zero attached hydrogens (tertiary/aromatic N) is 1. The van der Waals surface area contributed by atoms with E-state index < -0.39 is 11.7 Å². The maximum absolute atomic E-state index is 11.2. The molecule has 1 aromatic carbocycles. The largest absolute Gasteiger partial charge is 0.443 e. The Morgan fingerprint density at radius 3 is 2.50 bits per heavy atom. The van der Waals surface area contributed by atoms with Crippen LogP contribution >= 0.6 is 0 Å². The van der Waals surface area contributed by atoms with E-state index in [1.54, 1.807) is 27.0 Å². The summed E-state index contributed by atoms with van der Waals surface area (Å²) in [5, 5.41) is 3.78. The third-order valence-electron chi connectivity index (χ3n) is 1.57. The van der Waals surface area contributed by atoms with Crippen molar-refractivity contribution < 1.29 is 9.53 Å². The van der Waals surface area contributed by atoms with Crippen LogP contribution in [0.1, 0.15) is 26.3 Å². The van der Waals surface area contributed by atoms with Crippen LogP contribution in [-0.2, 0) is 4.74 Å². The zero-order valence-corrected chi connectivity index (χ0v) is 9.73. The molecule has 0 fully saturated rings. The van der Waals surface area contributed by atoms with Crippen molar-refractivity contribution in [1.29, 1.82) is 0 Å². The molecule has 0 unspecified atom stereocenters. The van der Waals surface area contributed by atoms with Gasteiger partial charge in [0.1, 0.15) is 5.60 Å². The topological polar surface area (TPSA) is 50.7 Å². The van der Waals surface area contributed by atoms with E-state index in [1.807, 2.05) is 30.3 Å². The van der Waals surface area contributed by atoms with Crippen molar-refractivity contribution in [3.05, 3.63) is 35.9 Å². The van der Waals surface area contributed by atoms with Gasteiger partial charge in [0.2, 0.25) is 0 Å². The first-order valence-corrected chi connectivity index (χ1v) is 5.04. The number of carbonyl (C=O) groups is 1. The summed E-state index contributed by atoms with van der Waals surface area (Å²) < 4.78 is 5.01. The molecule has 16 heavy (non-hydrogen) atoms. The van der Waals surface area contributed by atoms with E-state index >= 15 is 0 Å². The average Bonchev–Trinajstić information content (AvgIpc) is 2.16. The Kier molecular flexibility index (Phi) is 4.05. The van der Waals surface area contributed by atoms with Gasteiger partial charge in [0.25, 0.3) is 0 Å². The number of nitrogens with one attached hydrogen (secondary N) is 1. The van der Waals surface area contributed by atoms with Gasteiger partial charge < -0.3 is 4.74 Å². The van der Waals surface area contributed by atoms with Gasteiger partial charge in [-0.3, -0.25) is 0 Å². The molecule has 0 aliphatic rings. The smallest absolute Gasteiger partial charge is 0.428 e. The monoisotopic (exact) mass is 220 g/mol. The Labute approximate surface area is 95.3 Å². The van der Waals surface area contributed by atoms with E-state index in [0.717, 1.165) is 5.56 Å². The van der Waals surface area contributed by atoms with Gasteiger partial charge in [-0.15, -0.1) is 0 Å². The van der Waals surface area contributed by atoms with Crippen LogP contribution < -0.4 is 5.43 Å². The first-order chi connectivity index (χ1) is 7.47. The van der Waals surface area contributed by atoms with Gasteiger partial charge in [-0.1, -0.05) is 30.3 Å². The molecule has 0 aliphatic carbocycles. The SMILES string of the molecule is CC(C)(C)OC(=O)N/N=C\c1ccccc1. The van der Waals surface area contributed by atoms with E-state index in [1.165, 1.54) is 0 Å². The van der Waals surface area contributed by atoms with E-state index in [2.05, 4.69) is 10.5 Å². The molecule has 0 saturated carbocycles. The van der Waals surface area contributed by atoms with Gasteiger partial charge in [0, 0.05) is 0 Å². The fourth-order valence-corrected chi connectivity index (χ4v) is 1.000. The van der Waals surface area contributed by atoms with Crippen molar-refractivity contribution in [2.24, 2.45) is 5.10 Å². The summed E-state index contributed by atoms with van der Waals surface area (Å²) >= 11 is 0. The standard InChI is InChI=1S/C12H16N2O2/c1-12(2,3)16-11(15)14-13-9-10-7-5-4-6-8-10/h4-9H,1-3H3,(H,14,15)/b13-9-. The van der Waals surface area contributed by atoms with E-state index in [4.69, 9.17) is 4.74 Å². The predicted molar refractivity (Wildman–Crippen MR) is 63.4 cm³/mol. The number of carbonyl (C=O) groups excluding carboxylic acids is 1. The van der Waals surface area contributed by atoms with Crippen LogP contribution in [0, 0.1) is 0 Å². The molecule has 0 atom stereocenters. The minimum Gasteiger partial charge on any atom is -0.443 e. The van der Waals surface area contributed by atoms with Crippen molar-refractivity contribution in [3.8, 4) is 0 Å². The predicted octanol–water partition coefficient (Wildman–Crippen LogP) is 2.55. The quantitative estimate of drug-likeness (QED) is 0.615. The molecule has 0 spiro atoms. The van der Waals surface area contributed by atoms with Gasteiger partial charge in [0.15, 0.2) is 0 Å². The molecule has 1 aromatic rings. The summed E-state index contributed by atoms with van der Waals surface area (Å²) in [7, 11) is 0. The first-order valence-electron chi connectivity index (χ1n) is 5.04. The average molecular weight is 220 g/mol. The highest BCUT2D eigenvalue weighted by Crippen LogP contribution is 2.06. The van der Waals surface area contributed by atoms with E-state index in [-0.39, 0.29) is 0 Å². The lowest BCUT2D eigenvalue weighted by Gasteiger charge is -2.18. The van der Waals surface area contributed by atoms with Crippen molar-refractivity contribution in [2.45, 2.75) is 26.4 Å². The Hall–Kier alpha value is -1.84. The molecule has 1 amide bonds. The molecule has 86 valence electrons. The molecular formula is C12H16N2O2. The van der Waals surface area contributed by atoms with Crippen LogP contribution in [0.15, 0.2) is 35.4 Å². The van der Waals surface area contributed by atoms with Gasteiger partial charge in [0.05, 0.1) is 6.21 Å². The highest BCUT2D eigenvalue weighted by Gasteiger charge is 2.15. The summed E-state index contributed by atoms with van der Waals surface area (Å²) in [6, 6.07) is 9.49. The van der Waals surface area contributed by atoms with Gasteiger partial charge in [-0.2, -0.15) is 5.10 Å². The molecule has 0 saturated heterocycles. The van der Waals surface area contributed by atoms with Gasteiger partial charge >= 0.3 is 6.09 Å². The summed E-state index contributed by atoms with van der Waals surface area (Å²) in [4.78, 5) is 11.2. The van der Waals surface area contributed by atoms with Gasteiger partial charge in [-0.25, -0.2) is 10.2 Å². The number of hydrazone groups is 1. The molecular weight excluding hydrogens is 204 g/mol. The van der Waals surface area contributed by atoms with Crippen LogP contribution in [0.3, 0.4) is 0 Å². The van der Waals surface area contributed by atoms with Crippen molar-refractivity contribution in [1.82, 2.24) is 5.43 Å². The van der Waals surface area contributed by atoms with Crippen molar-refractivity contribution in [2.75, 3.05) is 0 Å². The minimum atomic E-state index is -0.556. The summed E-state index contributed by atoms with van der Waals surface area (Å²) in [5.41, 5.74) is 2.70. The van der Waals surface area contributed by atoms with E-state index in [9.17, 15) is 4.79 Å². The summed E-state index contributed by atoms with van der Waals surface area (Å²) in [6.07, 6.45) is 1.00. The Morgan fingerprint density at radius 1 is 1.31 bits per heavy atom. The van der Waals surface area contributed by atoms with Crippen LogP contribution in [0.25, 0.3) is 0 Å². The molecule has 4 nitrogen and oxygen atoms in total. The zero-order chi connectivity index (χ0) is 12.0. The number of ether oxygens (including phenoxy) is 1. The van der Waals surface area contributed by atoms with Crippen LogP contribution in [-0.4, -0.2) is 17.9 Å². The minimum absolute atomic E-state index is 0.508. The lowest BCUT2D eigenvalue weighted by molar-refractivity contribution is 0.0529. The second-order valence-corrected chi connectivity index (χ2v) is 4.28. The number of benzene rings is 1. The molecule has 1 N–H and O–H groups in total. The second-order valence-electron chi connectivity index (χ2n) is 4.28. The molecule has 0 heterocycles. The van der Waals surface area contributed by atoms with Crippen molar-refractivity contribution in [3.63, 3.8) is 0 Å². The molecule has 1 rings (SSSR count). The Morgan fingerprint density at radius 2 is 1.94 bits per heavy atom. The molecule has 0 radical (unpaired) electrons. The van der Waals surface area contributed by atoms with Gasteiger partial charge in [-0.05, 0) is 26.3 Å². The Bertz CT molecular complexity index is 366. The number of hydrogen-bond donors (Lipinski definition) is 1. The first kappa shape index (κ1) is 12.2. The molecule has 0 aromatic heterocycles. The van der Waals surface area contributed by atoms with Crippen LogP contribution in [0.5, 0.6) is 0 Å². The van der Waals surface area contributed by atoms with E-state index in [0.29, 0.717) is 0 Å². The number of rotatable bonds is 2. The lowest BCUT2D eigenvalue weighted by Crippen LogP contribution is -2.29. The maximum Gasteiger partial charge on any atom is 0.428 e. The summed E-state index contributed by atoms with van der Waals surface area (Å²) in [5.74, 6) is 0. The maximum atomic E-state index is 11.2. The zero-order valence-electron chi connectivity index (χ0n) is 9.73. The number of amides is 1. The molecule has 0 bridgehead atoms.